The summed E-state index contributed by atoms with van der Waals surface area (Å²) in [7, 11) is 2.95. The van der Waals surface area contributed by atoms with Crippen LogP contribution in [0.5, 0.6) is 11.5 Å². The van der Waals surface area contributed by atoms with Crippen molar-refractivity contribution in [1.82, 2.24) is 0 Å². The van der Waals surface area contributed by atoms with Gasteiger partial charge in [0.2, 0.25) is 5.82 Å². The fourth-order valence-electron chi connectivity index (χ4n) is 2.25. The van der Waals surface area contributed by atoms with Crippen LogP contribution in [0.25, 0.3) is 0 Å². The quantitative estimate of drug-likeness (QED) is 0.778. The average Bonchev–Trinajstić information content (AvgIpc) is 2.42. The lowest BCUT2D eigenvalue weighted by molar-refractivity contribution is 0.0385. The van der Waals surface area contributed by atoms with Crippen LogP contribution >= 0.6 is 0 Å². The lowest BCUT2D eigenvalue weighted by Crippen LogP contribution is -2.43. The summed E-state index contributed by atoms with van der Waals surface area (Å²) in [6, 6.07) is 3.30. The maximum absolute atomic E-state index is 14.5. The molecular weight excluding hydrogens is 265 g/mol. The number of ether oxygens (including phenoxy) is 4. The third-order valence-corrected chi connectivity index (χ3v) is 3.50. The van der Waals surface area contributed by atoms with Crippen molar-refractivity contribution in [1.29, 1.82) is 0 Å². The molecular formula is C14H20FNO4. The molecule has 1 aliphatic carbocycles. The molecule has 5 nitrogen and oxygen atoms in total. The molecule has 112 valence electrons. The summed E-state index contributed by atoms with van der Waals surface area (Å²) in [4.78, 5) is 0. The monoisotopic (exact) mass is 285 g/mol. The van der Waals surface area contributed by atoms with E-state index >= 15 is 0 Å². The molecule has 0 heterocycles. The lowest BCUT2D eigenvalue weighted by Gasteiger charge is -2.39. The van der Waals surface area contributed by atoms with Crippen molar-refractivity contribution in [2.45, 2.75) is 24.8 Å². The molecule has 0 atom stereocenters. The van der Waals surface area contributed by atoms with Gasteiger partial charge in [0.15, 0.2) is 25.1 Å². The molecule has 1 aromatic carbocycles. The second-order valence-corrected chi connectivity index (χ2v) is 4.87. The zero-order valence-electron chi connectivity index (χ0n) is 11.8. The van der Waals surface area contributed by atoms with Gasteiger partial charge < -0.3 is 24.7 Å². The molecule has 1 saturated carbocycles. The van der Waals surface area contributed by atoms with Gasteiger partial charge in [0, 0.05) is 25.3 Å². The molecule has 2 N–H and O–H groups in total. The Morgan fingerprint density at radius 3 is 2.35 bits per heavy atom. The van der Waals surface area contributed by atoms with Crippen LogP contribution in [0.2, 0.25) is 0 Å². The minimum absolute atomic E-state index is 0.0340. The Hall–Kier alpha value is -1.37. The third kappa shape index (κ3) is 2.87. The summed E-state index contributed by atoms with van der Waals surface area (Å²) in [5.74, 6) is -0.402. The van der Waals surface area contributed by atoms with Gasteiger partial charge in [0.05, 0.1) is 0 Å². The summed E-state index contributed by atoms with van der Waals surface area (Å²) >= 11 is 0. The summed E-state index contributed by atoms with van der Waals surface area (Å²) in [6.45, 7) is -0.0819. The minimum atomic E-state index is -0.576. The largest absolute Gasteiger partial charge is 0.464 e. The van der Waals surface area contributed by atoms with Crippen LogP contribution in [-0.4, -0.2) is 27.8 Å². The minimum Gasteiger partial charge on any atom is -0.464 e. The first-order valence-corrected chi connectivity index (χ1v) is 6.47. The molecule has 20 heavy (non-hydrogen) atoms. The number of benzene rings is 1. The van der Waals surface area contributed by atoms with Gasteiger partial charge >= 0.3 is 0 Å². The van der Waals surface area contributed by atoms with Crippen molar-refractivity contribution < 1.29 is 23.3 Å². The fourth-order valence-corrected chi connectivity index (χ4v) is 2.25. The van der Waals surface area contributed by atoms with Crippen molar-refractivity contribution in [2.24, 2.45) is 5.73 Å². The van der Waals surface area contributed by atoms with Gasteiger partial charge in [0.25, 0.3) is 0 Å². The number of hydrogen-bond donors (Lipinski definition) is 1. The van der Waals surface area contributed by atoms with Gasteiger partial charge in [-0.05, 0) is 31.4 Å². The molecule has 0 amide bonds. The van der Waals surface area contributed by atoms with E-state index in [1.807, 2.05) is 0 Å². The van der Waals surface area contributed by atoms with Crippen LogP contribution in [0.3, 0.4) is 0 Å². The maximum atomic E-state index is 14.5. The molecule has 0 bridgehead atoms. The molecule has 0 aliphatic heterocycles. The number of rotatable bonds is 7. The molecule has 1 fully saturated rings. The predicted octanol–water partition coefficient (Wildman–Crippen LogP) is 2.13. The Morgan fingerprint density at radius 2 is 1.80 bits per heavy atom. The lowest BCUT2D eigenvalue weighted by atomic mass is 9.72. The van der Waals surface area contributed by atoms with Crippen LogP contribution in [0.1, 0.15) is 24.8 Å². The summed E-state index contributed by atoms with van der Waals surface area (Å²) in [5, 5.41) is 0. The standard InChI is InChI=1S/C14H20FNO4/c1-17-8-19-11-5-4-10(14(16)6-3-7-14)13(12(11)15)20-9-18-2/h4-5H,3,6-9,16H2,1-2H3. The van der Waals surface area contributed by atoms with Gasteiger partial charge in [0.1, 0.15) is 0 Å². The van der Waals surface area contributed by atoms with E-state index in [1.165, 1.54) is 14.2 Å². The number of nitrogens with two attached hydrogens (primary N) is 1. The molecule has 0 radical (unpaired) electrons. The average molecular weight is 285 g/mol. The van der Waals surface area contributed by atoms with Crippen molar-refractivity contribution in [2.75, 3.05) is 27.8 Å². The van der Waals surface area contributed by atoms with E-state index in [0.29, 0.717) is 5.56 Å². The van der Waals surface area contributed by atoms with E-state index in [1.54, 1.807) is 12.1 Å². The molecule has 6 heteroatoms. The second-order valence-electron chi connectivity index (χ2n) is 4.87. The van der Waals surface area contributed by atoms with Crippen LogP contribution in [0.15, 0.2) is 12.1 Å². The maximum Gasteiger partial charge on any atom is 0.207 e. The smallest absolute Gasteiger partial charge is 0.207 e. The third-order valence-electron chi connectivity index (χ3n) is 3.50. The first-order valence-electron chi connectivity index (χ1n) is 6.47. The summed E-state index contributed by atoms with van der Waals surface area (Å²) in [5.41, 5.74) is 6.39. The zero-order chi connectivity index (χ0) is 14.6. The van der Waals surface area contributed by atoms with E-state index in [-0.39, 0.29) is 25.1 Å². The van der Waals surface area contributed by atoms with Crippen LogP contribution in [-0.2, 0) is 15.0 Å². The van der Waals surface area contributed by atoms with E-state index in [4.69, 9.17) is 24.7 Å². The molecule has 1 aliphatic rings. The number of halogens is 1. The van der Waals surface area contributed by atoms with Crippen molar-refractivity contribution >= 4 is 0 Å². The highest BCUT2D eigenvalue weighted by molar-refractivity contribution is 5.47. The second kappa shape index (κ2) is 6.39. The normalized spacial score (nSPS) is 16.6. The van der Waals surface area contributed by atoms with Gasteiger partial charge in [-0.2, -0.15) is 4.39 Å². The summed E-state index contributed by atoms with van der Waals surface area (Å²) < 4.78 is 34.6. The Morgan fingerprint density at radius 1 is 1.15 bits per heavy atom. The Balaban J connectivity index is 2.33. The Bertz CT molecular complexity index is 463. The SMILES string of the molecule is COCOc1ccc(C2(N)CCC2)c(OCOC)c1F. The molecule has 2 rings (SSSR count). The molecule has 0 spiro atoms. The van der Waals surface area contributed by atoms with Crippen molar-refractivity contribution in [3.63, 3.8) is 0 Å². The predicted molar refractivity (Wildman–Crippen MR) is 71.1 cm³/mol. The highest BCUT2D eigenvalue weighted by Gasteiger charge is 2.38. The van der Waals surface area contributed by atoms with Crippen LogP contribution in [0.4, 0.5) is 4.39 Å². The van der Waals surface area contributed by atoms with Gasteiger partial charge in [-0.15, -0.1) is 0 Å². The first kappa shape index (κ1) is 15.0. The van der Waals surface area contributed by atoms with E-state index in [9.17, 15) is 4.39 Å². The Labute approximate surface area is 117 Å². The van der Waals surface area contributed by atoms with Gasteiger partial charge in [-0.1, -0.05) is 0 Å². The van der Waals surface area contributed by atoms with Crippen molar-refractivity contribution in [3.8, 4) is 11.5 Å². The number of methoxy groups -OCH3 is 2. The topological polar surface area (TPSA) is 62.9 Å². The van der Waals surface area contributed by atoms with E-state index in [2.05, 4.69) is 0 Å². The molecule has 1 aromatic rings. The summed E-state index contributed by atoms with van der Waals surface area (Å²) in [6.07, 6.45) is 2.66. The van der Waals surface area contributed by atoms with Gasteiger partial charge in [-0.25, -0.2) is 0 Å². The fraction of sp³-hybridized carbons (Fsp3) is 0.571. The van der Waals surface area contributed by atoms with E-state index in [0.717, 1.165) is 19.3 Å². The molecule has 0 aromatic heterocycles. The highest BCUT2D eigenvalue weighted by Crippen LogP contribution is 2.45. The van der Waals surface area contributed by atoms with Crippen LogP contribution < -0.4 is 15.2 Å². The number of hydrogen-bond acceptors (Lipinski definition) is 5. The molecule has 0 saturated heterocycles. The zero-order valence-corrected chi connectivity index (χ0v) is 11.8. The first-order chi connectivity index (χ1) is 9.62. The van der Waals surface area contributed by atoms with Crippen molar-refractivity contribution in [3.05, 3.63) is 23.5 Å². The van der Waals surface area contributed by atoms with Gasteiger partial charge in [-0.3, -0.25) is 0 Å². The van der Waals surface area contributed by atoms with Crippen LogP contribution in [0, 0.1) is 5.82 Å². The van der Waals surface area contributed by atoms with E-state index < -0.39 is 11.4 Å². The molecule has 0 unspecified atom stereocenters. The highest BCUT2D eigenvalue weighted by atomic mass is 19.1. The Kier molecular flexibility index (Phi) is 4.80.